The van der Waals surface area contributed by atoms with Crippen LogP contribution in [0.3, 0.4) is 0 Å². The normalized spacial score (nSPS) is 14.7. The number of amides is 2. The smallest absolute Gasteiger partial charge is 0.261 e. The lowest BCUT2D eigenvalue weighted by Crippen LogP contribution is -2.50. The second-order valence-corrected chi connectivity index (χ2v) is 8.94. The van der Waals surface area contributed by atoms with Crippen molar-refractivity contribution < 1.29 is 14.3 Å². The molecule has 0 saturated heterocycles. The van der Waals surface area contributed by atoms with Gasteiger partial charge in [-0.2, -0.15) is 0 Å². The average molecular weight is 445 g/mol. The summed E-state index contributed by atoms with van der Waals surface area (Å²) in [6, 6.07) is 21.4. The molecule has 0 bridgehead atoms. The average Bonchev–Trinajstić information content (AvgIpc) is 3.34. The molecule has 3 aromatic carbocycles. The van der Waals surface area contributed by atoms with Crippen LogP contribution in [0, 0.1) is 6.92 Å². The van der Waals surface area contributed by atoms with Crippen molar-refractivity contribution in [1.29, 1.82) is 0 Å². The monoisotopic (exact) mass is 444 g/mol. The molecule has 5 heteroatoms. The van der Waals surface area contributed by atoms with Crippen LogP contribution in [0.2, 0.25) is 0 Å². The molecule has 1 aliphatic carbocycles. The predicted molar refractivity (Wildman–Crippen MR) is 131 cm³/mol. The Morgan fingerprint density at radius 3 is 2.45 bits per heavy atom. The number of carbonyl (C=O) groups excluding carboxylic acids is 2. The lowest BCUT2D eigenvalue weighted by molar-refractivity contribution is -0.142. The van der Waals surface area contributed by atoms with Crippen molar-refractivity contribution in [2.45, 2.75) is 58.2 Å². The predicted octanol–water partition coefficient (Wildman–Crippen LogP) is 5.00. The van der Waals surface area contributed by atoms with E-state index in [9.17, 15) is 9.59 Å². The van der Waals surface area contributed by atoms with Gasteiger partial charge in [0.1, 0.15) is 11.8 Å². The molecule has 1 N–H and O–H groups in total. The largest absolute Gasteiger partial charge is 0.483 e. The lowest BCUT2D eigenvalue weighted by Gasteiger charge is -2.29. The minimum atomic E-state index is -0.587. The van der Waals surface area contributed by atoms with E-state index < -0.39 is 6.04 Å². The van der Waals surface area contributed by atoms with E-state index in [-0.39, 0.29) is 24.5 Å². The Kier molecular flexibility index (Phi) is 7.28. The molecule has 172 valence electrons. The van der Waals surface area contributed by atoms with E-state index in [1.54, 1.807) is 11.8 Å². The second kappa shape index (κ2) is 10.5. The maximum atomic E-state index is 13.3. The van der Waals surface area contributed by atoms with Gasteiger partial charge in [-0.25, -0.2) is 0 Å². The van der Waals surface area contributed by atoms with Crippen LogP contribution in [-0.4, -0.2) is 35.4 Å². The SMILES string of the molecule is Cc1ccc(CN(C(=O)COc2cccc3ccccc23)[C@@H](C)C(=O)NC2CCCC2)cc1. The van der Waals surface area contributed by atoms with Crippen LogP contribution in [0.4, 0.5) is 0 Å². The van der Waals surface area contributed by atoms with Gasteiger partial charge in [-0.1, -0.05) is 79.1 Å². The Balaban J connectivity index is 1.50. The maximum absolute atomic E-state index is 13.3. The number of benzene rings is 3. The van der Waals surface area contributed by atoms with E-state index in [0.717, 1.165) is 47.6 Å². The Hall–Kier alpha value is -3.34. The van der Waals surface area contributed by atoms with E-state index in [1.165, 1.54) is 0 Å². The highest BCUT2D eigenvalue weighted by Crippen LogP contribution is 2.25. The highest BCUT2D eigenvalue weighted by Gasteiger charge is 2.28. The highest BCUT2D eigenvalue weighted by molar-refractivity contribution is 5.90. The Bertz CT molecular complexity index is 1100. The molecule has 1 atom stereocenters. The first-order valence-corrected chi connectivity index (χ1v) is 11.8. The molecule has 1 aliphatic rings. The van der Waals surface area contributed by atoms with Crippen LogP contribution < -0.4 is 10.1 Å². The molecule has 4 rings (SSSR count). The third kappa shape index (κ3) is 5.72. The van der Waals surface area contributed by atoms with Crippen molar-refractivity contribution in [2.75, 3.05) is 6.61 Å². The fourth-order valence-corrected chi connectivity index (χ4v) is 4.41. The third-order valence-corrected chi connectivity index (χ3v) is 6.44. The molecule has 1 saturated carbocycles. The van der Waals surface area contributed by atoms with Crippen LogP contribution in [0.15, 0.2) is 66.7 Å². The Labute approximate surface area is 195 Å². The fourth-order valence-electron chi connectivity index (χ4n) is 4.41. The third-order valence-electron chi connectivity index (χ3n) is 6.44. The molecule has 5 nitrogen and oxygen atoms in total. The van der Waals surface area contributed by atoms with Gasteiger partial charge in [-0.05, 0) is 43.7 Å². The standard InChI is InChI=1S/C28H32N2O3/c1-20-14-16-22(17-15-20)18-30(21(2)28(32)29-24-10-4-5-11-24)27(31)19-33-26-13-7-9-23-8-3-6-12-25(23)26/h3,6-9,12-17,21,24H,4-5,10-11,18-19H2,1-2H3,(H,29,32)/t21-/m0/s1. The molecule has 2 amide bonds. The van der Waals surface area contributed by atoms with Gasteiger partial charge in [0.2, 0.25) is 5.91 Å². The number of fused-ring (bicyclic) bond motifs is 1. The molecule has 3 aromatic rings. The summed E-state index contributed by atoms with van der Waals surface area (Å²) in [6.07, 6.45) is 4.30. The van der Waals surface area contributed by atoms with E-state index in [4.69, 9.17) is 4.74 Å². The second-order valence-electron chi connectivity index (χ2n) is 8.94. The number of ether oxygens (including phenoxy) is 1. The molecule has 0 radical (unpaired) electrons. The van der Waals surface area contributed by atoms with Crippen LogP contribution in [0.25, 0.3) is 10.8 Å². The van der Waals surface area contributed by atoms with Crippen molar-refractivity contribution in [2.24, 2.45) is 0 Å². The van der Waals surface area contributed by atoms with Gasteiger partial charge in [0, 0.05) is 18.0 Å². The zero-order valence-electron chi connectivity index (χ0n) is 19.4. The first-order chi connectivity index (χ1) is 16.0. The number of nitrogens with zero attached hydrogens (tertiary/aromatic N) is 1. The Morgan fingerprint density at radius 2 is 1.70 bits per heavy atom. The molecular formula is C28H32N2O3. The molecule has 1 fully saturated rings. The highest BCUT2D eigenvalue weighted by atomic mass is 16.5. The summed E-state index contributed by atoms with van der Waals surface area (Å²) in [7, 11) is 0. The van der Waals surface area contributed by atoms with Gasteiger partial charge in [0.05, 0.1) is 0 Å². The van der Waals surface area contributed by atoms with Gasteiger partial charge in [-0.15, -0.1) is 0 Å². The van der Waals surface area contributed by atoms with Gasteiger partial charge >= 0.3 is 0 Å². The van der Waals surface area contributed by atoms with Crippen molar-refractivity contribution >= 4 is 22.6 Å². The van der Waals surface area contributed by atoms with Crippen LogP contribution >= 0.6 is 0 Å². The summed E-state index contributed by atoms with van der Waals surface area (Å²) in [5.74, 6) is 0.352. The summed E-state index contributed by atoms with van der Waals surface area (Å²) in [5, 5.41) is 5.15. The topological polar surface area (TPSA) is 58.6 Å². The number of aryl methyl sites for hydroxylation is 1. The summed E-state index contributed by atoms with van der Waals surface area (Å²) in [6.45, 7) is 4.06. The van der Waals surface area contributed by atoms with Crippen molar-refractivity contribution in [3.63, 3.8) is 0 Å². The van der Waals surface area contributed by atoms with Crippen LogP contribution in [-0.2, 0) is 16.1 Å². The van der Waals surface area contributed by atoms with Crippen molar-refractivity contribution in [1.82, 2.24) is 10.2 Å². The van der Waals surface area contributed by atoms with Crippen LogP contribution in [0.5, 0.6) is 5.75 Å². The number of rotatable bonds is 8. The summed E-state index contributed by atoms with van der Waals surface area (Å²) in [4.78, 5) is 27.9. The first-order valence-electron chi connectivity index (χ1n) is 11.8. The van der Waals surface area contributed by atoms with Gasteiger partial charge in [-0.3, -0.25) is 9.59 Å². The molecule has 0 aromatic heterocycles. The zero-order chi connectivity index (χ0) is 23.2. The lowest BCUT2D eigenvalue weighted by atomic mass is 10.1. The van der Waals surface area contributed by atoms with E-state index in [2.05, 4.69) is 5.32 Å². The summed E-state index contributed by atoms with van der Waals surface area (Å²) < 4.78 is 5.96. The quantitative estimate of drug-likeness (QED) is 0.532. The maximum Gasteiger partial charge on any atom is 0.261 e. The van der Waals surface area contributed by atoms with Gasteiger partial charge in [0.25, 0.3) is 5.91 Å². The molecule has 0 unspecified atom stereocenters. The van der Waals surface area contributed by atoms with Crippen molar-refractivity contribution in [3.05, 3.63) is 77.9 Å². The summed E-state index contributed by atoms with van der Waals surface area (Å²) >= 11 is 0. The first kappa shape index (κ1) is 22.8. The molecule has 0 heterocycles. The van der Waals surface area contributed by atoms with E-state index in [0.29, 0.717) is 12.3 Å². The molecule has 0 spiro atoms. The number of carbonyl (C=O) groups is 2. The Morgan fingerprint density at radius 1 is 1.00 bits per heavy atom. The molecule has 33 heavy (non-hydrogen) atoms. The fraction of sp³-hybridized carbons (Fsp3) is 0.357. The molecule has 0 aliphatic heterocycles. The number of nitrogens with one attached hydrogen (secondary N) is 1. The van der Waals surface area contributed by atoms with Gasteiger partial charge in [0.15, 0.2) is 6.61 Å². The summed E-state index contributed by atoms with van der Waals surface area (Å²) in [5.41, 5.74) is 2.14. The number of hydrogen-bond donors (Lipinski definition) is 1. The van der Waals surface area contributed by atoms with E-state index in [1.807, 2.05) is 73.7 Å². The van der Waals surface area contributed by atoms with Gasteiger partial charge < -0.3 is 15.0 Å². The van der Waals surface area contributed by atoms with Crippen molar-refractivity contribution in [3.8, 4) is 5.75 Å². The minimum absolute atomic E-state index is 0.104. The number of hydrogen-bond acceptors (Lipinski definition) is 3. The zero-order valence-corrected chi connectivity index (χ0v) is 19.4. The minimum Gasteiger partial charge on any atom is -0.483 e. The van der Waals surface area contributed by atoms with Crippen LogP contribution in [0.1, 0.15) is 43.7 Å². The molecular weight excluding hydrogens is 412 g/mol. The van der Waals surface area contributed by atoms with E-state index >= 15 is 0 Å².